The highest BCUT2D eigenvalue weighted by atomic mass is 32.1. The minimum atomic E-state index is -0.348. The van der Waals surface area contributed by atoms with Gasteiger partial charge in [0.05, 0.1) is 32.4 Å². The van der Waals surface area contributed by atoms with E-state index in [1.165, 1.54) is 11.1 Å². The van der Waals surface area contributed by atoms with Gasteiger partial charge in [-0.25, -0.2) is 4.79 Å². The molecule has 3 aromatic rings. The largest absolute Gasteiger partial charge is 0.493 e. The van der Waals surface area contributed by atoms with E-state index in [1.54, 1.807) is 45.4 Å². The van der Waals surface area contributed by atoms with Crippen LogP contribution in [0.5, 0.6) is 17.2 Å². The molecule has 0 aromatic heterocycles. The summed E-state index contributed by atoms with van der Waals surface area (Å²) in [5.41, 5.74) is 4.01. The topological polar surface area (TPSA) is 69.3 Å². The molecule has 0 fully saturated rings. The lowest BCUT2D eigenvalue weighted by molar-refractivity contribution is 0.0526. The van der Waals surface area contributed by atoms with E-state index in [0.717, 1.165) is 31.5 Å². The number of nitrogens with one attached hydrogen (secondary N) is 1. The van der Waals surface area contributed by atoms with Gasteiger partial charge < -0.3 is 29.2 Å². The number of benzene rings is 3. The third-order valence-electron chi connectivity index (χ3n) is 6.57. The summed E-state index contributed by atoms with van der Waals surface area (Å²) in [4.78, 5) is 14.2. The zero-order valence-electron chi connectivity index (χ0n) is 22.1. The number of fused-ring (bicyclic) bond motifs is 1. The Labute approximate surface area is 229 Å². The summed E-state index contributed by atoms with van der Waals surface area (Å²) in [7, 11) is 3.28. The van der Waals surface area contributed by atoms with E-state index in [-0.39, 0.29) is 12.0 Å². The number of ether oxygens (including phenoxy) is 4. The second-order valence-corrected chi connectivity index (χ2v) is 9.28. The van der Waals surface area contributed by atoms with Gasteiger partial charge in [0, 0.05) is 13.1 Å². The van der Waals surface area contributed by atoms with Gasteiger partial charge in [-0.3, -0.25) is 0 Å². The molecule has 0 saturated carbocycles. The van der Waals surface area contributed by atoms with Crippen molar-refractivity contribution in [2.24, 2.45) is 0 Å². The highest BCUT2D eigenvalue weighted by Crippen LogP contribution is 2.38. The van der Waals surface area contributed by atoms with Crippen LogP contribution >= 0.6 is 12.2 Å². The number of hydrogen-bond acceptors (Lipinski definition) is 6. The summed E-state index contributed by atoms with van der Waals surface area (Å²) >= 11 is 5.86. The molecule has 1 heterocycles. The summed E-state index contributed by atoms with van der Waals surface area (Å²) in [6.45, 7) is 3.97. The summed E-state index contributed by atoms with van der Waals surface area (Å²) in [5, 5.41) is 4.12. The van der Waals surface area contributed by atoms with E-state index in [1.807, 2.05) is 30.3 Å². The zero-order chi connectivity index (χ0) is 26.9. The number of carbonyl (C=O) groups is 1. The molecule has 7 nitrogen and oxygen atoms in total. The lowest BCUT2D eigenvalue weighted by Crippen LogP contribution is -2.47. The third-order valence-corrected chi connectivity index (χ3v) is 6.95. The summed E-state index contributed by atoms with van der Waals surface area (Å²) < 4.78 is 22.4. The summed E-state index contributed by atoms with van der Waals surface area (Å²) in [6.07, 6.45) is 1.70. The van der Waals surface area contributed by atoms with Crippen LogP contribution < -0.4 is 19.5 Å². The van der Waals surface area contributed by atoms with Crippen molar-refractivity contribution in [3.63, 3.8) is 0 Å². The van der Waals surface area contributed by atoms with E-state index < -0.39 is 0 Å². The van der Waals surface area contributed by atoms with Crippen molar-refractivity contribution in [2.45, 2.75) is 25.8 Å². The smallest absolute Gasteiger partial charge is 0.338 e. The van der Waals surface area contributed by atoms with Crippen molar-refractivity contribution in [3.8, 4) is 17.2 Å². The van der Waals surface area contributed by atoms with Crippen molar-refractivity contribution in [2.75, 3.05) is 40.5 Å². The fourth-order valence-corrected chi connectivity index (χ4v) is 4.91. The molecule has 0 bridgehead atoms. The molecule has 8 heteroatoms. The average Bonchev–Trinajstić information content (AvgIpc) is 2.95. The fourth-order valence-electron chi connectivity index (χ4n) is 4.59. The highest BCUT2D eigenvalue weighted by Gasteiger charge is 2.31. The molecule has 0 spiro atoms. The van der Waals surface area contributed by atoms with Crippen LogP contribution in [0, 0.1) is 0 Å². The molecule has 1 atom stereocenters. The minimum absolute atomic E-state index is 0.139. The summed E-state index contributed by atoms with van der Waals surface area (Å²) in [6, 6.07) is 21.3. The van der Waals surface area contributed by atoms with E-state index in [2.05, 4.69) is 22.3 Å². The van der Waals surface area contributed by atoms with Crippen LogP contribution in [0.15, 0.2) is 66.7 Å². The zero-order valence-corrected chi connectivity index (χ0v) is 22.9. The van der Waals surface area contributed by atoms with Gasteiger partial charge in [-0.05, 0) is 85.1 Å². The highest BCUT2D eigenvalue weighted by molar-refractivity contribution is 7.80. The van der Waals surface area contributed by atoms with Crippen LogP contribution in [0.2, 0.25) is 0 Å². The van der Waals surface area contributed by atoms with Gasteiger partial charge in [0.15, 0.2) is 16.6 Å². The molecular formula is C30H34N2O5S. The van der Waals surface area contributed by atoms with Crippen LogP contribution in [0.4, 0.5) is 0 Å². The van der Waals surface area contributed by atoms with Gasteiger partial charge in [0.1, 0.15) is 12.4 Å². The van der Waals surface area contributed by atoms with Gasteiger partial charge in [-0.2, -0.15) is 0 Å². The predicted molar refractivity (Wildman–Crippen MR) is 151 cm³/mol. The van der Waals surface area contributed by atoms with Crippen LogP contribution in [0.3, 0.4) is 0 Å². The normalized spacial score (nSPS) is 14.3. The Hall–Kier alpha value is -3.78. The Morgan fingerprint density at radius 2 is 1.74 bits per heavy atom. The molecule has 0 amide bonds. The average molecular weight is 535 g/mol. The molecule has 1 aliphatic heterocycles. The predicted octanol–water partition coefficient (Wildman–Crippen LogP) is 4.98. The number of methoxy groups -OCH3 is 2. The molecule has 1 aliphatic rings. The maximum Gasteiger partial charge on any atom is 0.338 e. The van der Waals surface area contributed by atoms with Gasteiger partial charge >= 0.3 is 5.97 Å². The van der Waals surface area contributed by atoms with E-state index in [0.29, 0.717) is 41.1 Å². The number of thiocarbonyl (C=S) groups is 1. The van der Waals surface area contributed by atoms with Crippen molar-refractivity contribution in [1.82, 2.24) is 10.2 Å². The Morgan fingerprint density at radius 1 is 1.03 bits per heavy atom. The van der Waals surface area contributed by atoms with Crippen molar-refractivity contribution >= 4 is 23.3 Å². The second-order valence-electron chi connectivity index (χ2n) is 8.89. The summed E-state index contributed by atoms with van der Waals surface area (Å²) in [5.74, 6) is 1.69. The van der Waals surface area contributed by atoms with Crippen LogP contribution in [-0.2, 0) is 17.6 Å². The quantitative estimate of drug-likeness (QED) is 0.289. The lowest BCUT2D eigenvalue weighted by atomic mass is 9.92. The third kappa shape index (κ3) is 6.55. The molecule has 0 unspecified atom stereocenters. The molecule has 0 radical (unpaired) electrons. The molecule has 0 aliphatic carbocycles. The van der Waals surface area contributed by atoms with Gasteiger partial charge in [-0.1, -0.05) is 30.3 Å². The Morgan fingerprint density at radius 3 is 2.42 bits per heavy atom. The van der Waals surface area contributed by atoms with E-state index in [4.69, 9.17) is 31.2 Å². The van der Waals surface area contributed by atoms with Gasteiger partial charge in [0.25, 0.3) is 0 Å². The first kappa shape index (κ1) is 27.3. The molecule has 4 rings (SSSR count). The van der Waals surface area contributed by atoms with Crippen LogP contribution in [0.1, 0.15) is 40.0 Å². The number of nitrogens with zero attached hydrogens (tertiary/aromatic N) is 1. The standard InChI is InChI=1S/C30H34N2O5S/c1-4-36-29(33)22-10-12-24(13-11-22)37-20-26-25-19-28(35-3)27(34-2)18-23(25)15-17-32(26)30(38)31-16-14-21-8-6-5-7-9-21/h5-13,18-19,26H,4,14-17,20H2,1-3H3,(H,31,38)/t26-/m1/s1. The number of rotatable bonds is 10. The first-order valence-corrected chi connectivity index (χ1v) is 13.2. The molecule has 200 valence electrons. The maximum atomic E-state index is 12.0. The first-order chi connectivity index (χ1) is 18.5. The van der Waals surface area contributed by atoms with Gasteiger partial charge in [0.2, 0.25) is 0 Å². The maximum absolute atomic E-state index is 12.0. The van der Waals surface area contributed by atoms with Crippen molar-refractivity contribution in [3.05, 3.63) is 89.0 Å². The first-order valence-electron chi connectivity index (χ1n) is 12.8. The molecule has 38 heavy (non-hydrogen) atoms. The number of hydrogen-bond donors (Lipinski definition) is 1. The number of esters is 1. The lowest BCUT2D eigenvalue weighted by Gasteiger charge is -2.39. The SMILES string of the molecule is CCOC(=O)c1ccc(OC[C@@H]2c3cc(OC)c(OC)cc3CCN2C(=S)NCCc2ccccc2)cc1. The fraction of sp³-hybridized carbons (Fsp3) is 0.333. The van der Waals surface area contributed by atoms with Gasteiger partial charge in [-0.15, -0.1) is 0 Å². The van der Waals surface area contributed by atoms with Crippen LogP contribution in [-0.4, -0.2) is 56.5 Å². The Balaban J connectivity index is 1.52. The monoisotopic (exact) mass is 534 g/mol. The Kier molecular flexibility index (Phi) is 9.43. The van der Waals surface area contributed by atoms with E-state index in [9.17, 15) is 4.79 Å². The van der Waals surface area contributed by atoms with Crippen molar-refractivity contribution < 1.29 is 23.7 Å². The minimum Gasteiger partial charge on any atom is -0.493 e. The molecule has 1 N–H and O–H groups in total. The molecular weight excluding hydrogens is 500 g/mol. The van der Waals surface area contributed by atoms with Crippen LogP contribution in [0.25, 0.3) is 0 Å². The number of carbonyl (C=O) groups excluding carboxylic acids is 1. The Bertz CT molecular complexity index is 1230. The molecule has 0 saturated heterocycles. The van der Waals surface area contributed by atoms with Crippen molar-refractivity contribution in [1.29, 1.82) is 0 Å². The second kappa shape index (κ2) is 13.1. The van der Waals surface area contributed by atoms with E-state index >= 15 is 0 Å². The molecule has 3 aromatic carbocycles.